The van der Waals surface area contributed by atoms with Crippen molar-refractivity contribution < 1.29 is 24.5 Å². The van der Waals surface area contributed by atoms with Gasteiger partial charge in [-0.25, -0.2) is 4.79 Å². The molecule has 1 unspecified atom stereocenters. The summed E-state index contributed by atoms with van der Waals surface area (Å²) >= 11 is 0.149. The molecule has 0 aliphatic carbocycles. The molecule has 0 amide bonds. The van der Waals surface area contributed by atoms with Gasteiger partial charge in [-0.15, -0.1) is 0 Å². The fourth-order valence-corrected chi connectivity index (χ4v) is 6.73. The van der Waals surface area contributed by atoms with E-state index in [1.807, 2.05) is 0 Å². The van der Waals surface area contributed by atoms with Crippen molar-refractivity contribution in [1.82, 2.24) is 0 Å². The van der Waals surface area contributed by atoms with Crippen LogP contribution in [-0.4, -0.2) is 49.6 Å². The first-order valence-corrected chi connectivity index (χ1v) is 16.7. The predicted octanol–water partition coefficient (Wildman–Crippen LogP) is 7.56. The van der Waals surface area contributed by atoms with Crippen molar-refractivity contribution in [3.8, 4) is 0 Å². The first kappa shape index (κ1) is 36.0. The van der Waals surface area contributed by atoms with E-state index in [0.717, 1.165) is 12.8 Å². The van der Waals surface area contributed by atoms with Gasteiger partial charge < -0.3 is 14.9 Å². The number of ether oxygens (including phenoxy) is 1. The minimum absolute atomic E-state index is 0.149. The van der Waals surface area contributed by atoms with Gasteiger partial charge in [0.2, 0.25) is 0 Å². The fraction of sp³-hybridized carbons (Fsp3) is 0.846. The molecule has 0 heterocycles. The Kier molecular flexibility index (Phi) is 34.3. The van der Waals surface area contributed by atoms with E-state index in [0.29, 0.717) is 6.42 Å². The second-order valence-electron chi connectivity index (χ2n) is 8.21. The molecule has 190 valence electrons. The number of unbranched alkanes of at least 4 members (excludes halogenated alkanes) is 10. The van der Waals surface area contributed by atoms with Gasteiger partial charge in [0.05, 0.1) is 0 Å². The van der Waals surface area contributed by atoms with Crippen LogP contribution in [0.25, 0.3) is 0 Å². The van der Waals surface area contributed by atoms with E-state index in [9.17, 15) is 9.59 Å². The van der Waals surface area contributed by atoms with Gasteiger partial charge >= 0.3 is 81.5 Å². The van der Waals surface area contributed by atoms with Crippen molar-refractivity contribution in [3.05, 3.63) is 12.2 Å². The Morgan fingerprint density at radius 3 is 1.53 bits per heavy atom. The molecule has 1 atom stereocenters. The Morgan fingerprint density at radius 2 is 1.22 bits per heavy atom. The molecule has 0 aliphatic heterocycles. The average molecular weight is 563 g/mol. The van der Waals surface area contributed by atoms with Crippen LogP contribution >= 0.6 is 0 Å². The molecule has 0 rings (SSSR count). The monoisotopic (exact) mass is 564 g/mol. The summed E-state index contributed by atoms with van der Waals surface area (Å²) in [6, 6.07) is 0. The molecule has 0 spiro atoms. The number of rotatable bonds is 18. The van der Waals surface area contributed by atoms with Crippen LogP contribution in [0.2, 0.25) is 8.87 Å². The van der Waals surface area contributed by atoms with Gasteiger partial charge in [-0.1, -0.05) is 64.9 Å². The van der Waals surface area contributed by atoms with E-state index in [4.69, 9.17) is 10.2 Å². The molecule has 0 aromatic rings. The van der Waals surface area contributed by atoms with E-state index in [1.165, 1.54) is 84.5 Å². The molecule has 32 heavy (non-hydrogen) atoms. The predicted molar refractivity (Wildman–Crippen MR) is 137 cm³/mol. The van der Waals surface area contributed by atoms with Gasteiger partial charge in [0.1, 0.15) is 0 Å². The zero-order valence-electron chi connectivity index (χ0n) is 21.7. The van der Waals surface area contributed by atoms with Gasteiger partial charge in [0, 0.05) is 12.0 Å². The van der Waals surface area contributed by atoms with Gasteiger partial charge in [0.25, 0.3) is 0 Å². The fourth-order valence-electron chi connectivity index (χ4n) is 2.57. The van der Waals surface area contributed by atoms with Gasteiger partial charge in [-0.3, -0.25) is 4.79 Å². The number of esters is 1. The van der Waals surface area contributed by atoms with Crippen molar-refractivity contribution in [2.75, 3.05) is 0 Å². The van der Waals surface area contributed by atoms with Crippen molar-refractivity contribution >= 4 is 33.1 Å². The van der Waals surface area contributed by atoms with Crippen molar-refractivity contribution in [2.45, 2.75) is 140 Å². The van der Waals surface area contributed by atoms with Gasteiger partial charge in [-0.05, 0) is 20.3 Å². The molecular weight excluding hydrogens is 511 g/mol. The summed E-state index contributed by atoms with van der Waals surface area (Å²) in [5.74, 6) is -1.22. The molecule has 0 saturated carbocycles. The Morgan fingerprint density at radius 1 is 0.812 bits per heavy atom. The molecule has 2 radical (unpaired) electrons. The third-order valence-corrected chi connectivity index (χ3v) is 8.57. The summed E-state index contributed by atoms with van der Waals surface area (Å²) in [4.78, 5) is 20.7. The van der Waals surface area contributed by atoms with Crippen LogP contribution in [0.15, 0.2) is 12.2 Å². The normalized spacial score (nSPS) is 10.8. The second-order valence-corrected chi connectivity index (χ2v) is 12.5. The molecule has 6 heteroatoms. The maximum absolute atomic E-state index is 10.5. The van der Waals surface area contributed by atoms with E-state index >= 15 is 0 Å². The van der Waals surface area contributed by atoms with Crippen molar-refractivity contribution in [1.29, 1.82) is 0 Å². The SMILES string of the molecule is C=C(C)C(=O)OC(C)O.CCCCCCCCCCCC(=O)O.CCC[CH2][Sn][CH2]CCC. The second kappa shape index (κ2) is 30.4. The number of carbonyl (C=O) groups excluding carboxylic acids is 1. The molecular formula is C26H52O5Sn. The number of hydrogen-bond acceptors (Lipinski definition) is 4. The standard InChI is InChI=1S/C12H24O2.C6H10O3.2C4H9.Sn/c1-2-3-4-5-6-7-8-9-10-11-12(13)14;1-4(2)6(8)9-5(3)7;2*1-3-4-2;/h2-11H2,1H3,(H,13,14);5,7H,1H2,2-3H3;2*1,3-4H2,2H3;. The zero-order valence-corrected chi connectivity index (χ0v) is 24.6. The summed E-state index contributed by atoms with van der Waals surface area (Å²) in [6.07, 6.45) is 16.3. The van der Waals surface area contributed by atoms with Gasteiger partial charge in [-0.2, -0.15) is 0 Å². The van der Waals surface area contributed by atoms with E-state index in [1.54, 1.807) is 8.87 Å². The number of carbonyl (C=O) groups is 2. The average Bonchev–Trinajstić information content (AvgIpc) is 2.73. The first-order chi connectivity index (χ1) is 15.2. The molecule has 0 bridgehead atoms. The Hall–Kier alpha value is -0.561. The van der Waals surface area contributed by atoms with E-state index in [-0.39, 0.29) is 26.7 Å². The molecule has 0 saturated heterocycles. The first-order valence-electron chi connectivity index (χ1n) is 12.7. The van der Waals surface area contributed by atoms with Crippen LogP contribution in [0.4, 0.5) is 0 Å². The van der Waals surface area contributed by atoms with Gasteiger partial charge in [0.15, 0.2) is 6.29 Å². The van der Waals surface area contributed by atoms with Crippen LogP contribution in [-0.2, 0) is 14.3 Å². The number of aliphatic hydroxyl groups excluding tert-OH is 1. The quantitative estimate of drug-likeness (QED) is 0.0591. The number of aliphatic carboxylic acids is 1. The summed E-state index contributed by atoms with van der Waals surface area (Å²) in [5, 5.41) is 16.9. The Balaban J connectivity index is -0.000000411. The van der Waals surface area contributed by atoms with Crippen LogP contribution in [0.5, 0.6) is 0 Å². The molecule has 0 aromatic heterocycles. The number of carboxylic acid groups (broad SMARTS) is 1. The molecule has 0 aliphatic rings. The number of aliphatic hydroxyl groups is 1. The molecule has 0 fully saturated rings. The molecule has 5 nitrogen and oxygen atoms in total. The third-order valence-electron chi connectivity index (χ3n) is 4.53. The van der Waals surface area contributed by atoms with Crippen molar-refractivity contribution in [2.24, 2.45) is 0 Å². The minimum atomic E-state index is -1.05. The molecule has 2 N–H and O–H groups in total. The van der Waals surface area contributed by atoms with Crippen LogP contribution in [0.1, 0.15) is 125 Å². The molecule has 0 aromatic carbocycles. The summed E-state index contributed by atoms with van der Waals surface area (Å²) in [7, 11) is 0. The van der Waals surface area contributed by atoms with Crippen LogP contribution < -0.4 is 0 Å². The maximum atomic E-state index is 10.5. The van der Waals surface area contributed by atoms with Crippen molar-refractivity contribution in [3.63, 3.8) is 0 Å². The van der Waals surface area contributed by atoms with Crippen LogP contribution in [0.3, 0.4) is 0 Å². The Bertz CT molecular complexity index is 418. The zero-order chi connectivity index (χ0) is 25.0. The summed E-state index contributed by atoms with van der Waals surface area (Å²) in [6.45, 7) is 13.0. The third kappa shape index (κ3) is 39.9. The van der Waals surface area contributed by atoms with E-state index in [2.05, 4.69) is 32.1 Å². The van der Waals surface area contributed by atoms with E-state index < -0.39 is 18.2 Å². The number of carboxylic acids is 1. The summed E-state index contributed by atoms with van der Waals surface area (Å²) in [5.41, 5.74) is 0.288. The topological polar surface area (TPSA) is 83.8 Å². The number of hydrogen-bond donors (Lipinski definition) is 2. The van der Waals surface area contributed by atoms with Crippen LogP contribution in [0, 0.1) is 0 Å². The Labute approximate surface area is 209 Å². The summed E-state index contributed by atoms with van der Waals surface area (Å²) < 4.78 is 7.58.